The molecular weight excluding hydrogens is 461 g/mol. The van der Waals surface area contributed by atoms with E-state index in [4.69, 9.17) is 0 Å². The largest absolute Gasteiger partial charge is 0.335 e. The van der Waals surface area contributed by atoms with Gasteiger partial charge in [-0.15, -0.1) is 0 Å². The molecule has 33 heavy (non-hydrogen) atoms. The zero-order chi connectivity index (χ0) is 23.8. The van der Waals surface area contributed by atoms with Crippen LogP contribution < -0.4 is 5.56 Å². The molecule has 0 radical (unpaired) electrons. The monoisotopic (exact) mass is 478 g/mol. The van der Waals surface area contributed by atoms with Crippen molar-refractivity contribution in [3.05, 3.63) is 88.1 Å². The summed E-state index contributed by atoms with van der Waals surface area (Å²) in [4.78, 5) is 25.7. The minimum Gasteiger partial charge on any atom is -0.335 e. The SMILES string of the molecule is O=C(c1ccc(=O)n(-c2ccc(F)cc2)n1)N1CCN(S(=O)(=O)c2ccc(F)cc2F)CC1. The number of sulfonamides is 1. The minimum atomic E-state index is -4.21. The molecule has 0 aliphatic carbocycles. The van der Waals surface area contributed by atoms with Crippen molar-refractivity contribution in [3.63, 3.8) is 0 Å². The van der Waals surface area contributed by atoms with Crippen molar-refractivity contribution in [1.82, 2.24) is 19.0 Å². The van der Waals surface area contributed by atoms with Crippen molar-refractivity contribution in [2.75, 3.05) is 26.2 Å². The second-order valence-electron chi connectivity index (χ2n) is 7.22. The third-order valence-corrected chi connectivity index (χ3v) is 7.06. The van der Waals surface area contributed by atoms with Crippen molar-refractivity contribution in [2.24, 2.45) is 0 Å². The molecule has 1 aliphatic heterocycles. The van der Waals surface area contributed by atoms with Crippen LogP contribution in [0.3, 0.4) is 0 Å². The molecule has 8 nitrogen and oxygen atoms in total. The van der Waals surface area contributed by atoms with Gasteiger partial charge in [0.05, 0.1) is 5.69 Å². The first-order valence-electron chi connectivity index (χ1n) is 9.77. The maximum atomic E-state index is 14.0. The lowest BCUT2D eigenvalue weighted by Crippen LogP contribution is -2.50. The molecule has 12 heteroatoms. The van der Waals surface area contributed by atoms with Gasteiger partial charge < -0.3 is 4.90 Å². The number of carbonyl (C=O) groups excluding carboxylic acids is 1. The van der Waals surface area contributed by atoms with Crippen LogP contribution in [-0.2, 0) is 10.0 Å². The normalized spacial score (nSPS) is 14.9. The molecule has 1 amide bonds. The fourth-order valence-electron chi connectivity index (χ4n) is 3.41. The van der Waals surface area contributed by atoms with E-state index in [1.807, 2.05) is 0 Å². The van der Waals surface area contributed by atoms with Gasteiger partial charge in [-0.2, -0.15) is 14.1 Å². The highest BCUT2D eigenvalue weighted by Crippen LogP contribution is 2.22. The summed E-state index contributed by atoms with van der Waals surface area (Å²) >= 11 is 0. The highest BCUT2D eigenvalue weighted by atomic mass is 32.2. The molecule has 2 heterocycles. The molecule has 1 aromatic heterocycles. The summed E-state index contributed by atoms with van der Waals surface area (Å²) in [5, 5.41) is 4.06. The molecule has 0 atom stereocenters. The Balaban J connectivity index is 1.50. The summed E-state index contributed by atoms with van der Waals surface area (Å²) < 4.78 is 67.7. The fraction of sp³-hybridized carbons (Fsp3) is 0.190. The number of piperazine rings is 1. The first-order valence-corrected chi connectivity index (χ1v) is 11.2. The smallest absolute Gasteiger partial charge is 0.274 e. The van der Waals surface area contributed by atoms with E-state index in [1.54, 1.807) is 0 Å². The summed E-state index contributed by atoms with van der Waals surface area (Å²) in [7, 11) is -4.21. The average Bonchev–Trinajstić information content (AvgIpc) is 2.79. The highest BCUT2D eigenvalue weighted by Gasteiger charge is 2.32. The lowest BCUT2D eigenvalue weighted by molar-refractivity contribution is 0.0689. The average molecular weight is 478 g/mol. The van der Waals surface area contributed by atoms with Gasteiger partial charge in [-0.1, -0.05) is 0 Å². The molecule has 2 aromatic carbocycles. The molecular formula is C21H17F3N4O4S. The van der Waals surface area contributed by atoms with Crippen molar-refractivity contribution in [1.29, 1.82) is 0 Å². The van der Waals surface area contributed by atoms with E-state index in [0.717, 1.165) is 39.3 Å². The molecule has 3 aromatic rings. The molecule has 0 saturated carbocycles. The Bertz CT molecular complexity index is 1370. The zero-order valence-electron chi connectivity index (χ0n) is 17.0. The third kappa shape index (κ3) is 4.52. The summed E-state index contributed by atoms with van der Waals surface area (Å²) in [5.74, 6) is -3.11. The van der Waals surface area contributed by atoms with Gasteiger partial charge in [0.1, 0.15) is 28.0 Å². The Labute approximate surface area is 186 Å². The molecule has 0 spiro atoms. The van der Waals surface area contributed by atoms with Crippen molar-refractivity contribution >= 4 is 15.9 Å². The maximum absolute atomic E-state index is 14.0. The van der Waals surface area contributed by atoms with Crippen LogP contribution in [0.5, 0.6) is 0 Å². The van der Waals surface area contributed by atoms with E-state index in [1.165, 1.54) is 23.1 Å². The van der Waals surface area contributed by atoms with Crippen LogP contribution in [0.25, 0.3) is 5.69 Å². The number of amides is 1. The maximum Gasteiger partial charge on any atom is 0.274 e. The summed E-state index contributed by atoms with van der Waals surface area (Å²) in [6.45, 7) is -0.221. The number of hydrogen-bond acceptors (Lipinski definition) is 5. The predicted octanol–water partition coefficient (Wildman–Crippen LogP) is 1.80. The molecule has 0 unspecified atom stereocenters. The molecule has 1 aliphatic rings. The topological polar surface area (TPSA) is 92.6 Å². The molecule has 1 fully saturated rings. The van der Waals surface area contributed by atoms with Crippen molar-refractivity contribution < 1.29 is 26.4 Å². The first kappa shape index (κ1) is 22.7. The van der Waals surface area contributed by atoms with Crippen LogP contribution in [0, 0.1) is 17.5 Å². The second-order valence-corrected chi connectivity index (χ2v) is 9.12. The Kier molecular flexibility index (Phi) is 6.04. The van der Waals surface area contributed by atoms with Gasteiger partial charge in [-0.25, -0.2) is 21.6 Å². The van der Waals surface area contributed by atoms with E-state index in [9.17, 15) is 31.2 Å². The first-order chi connectivity index (χ1) is 15.7. The molecule has 4 rings (SSSR count). The lowest BCUT2D eigenvalue weighted by Gasteiger charge is -2.33. The van der Waals surface area contributed by atoms with Crippen LogP contribution in [0.2, 0.25) is 0 Å². The number of halogens is 3. The van der Waals surface area contributed by atoms with Crippen LogP contribution >= 0.6 is 0 Å². The quantitative estimate of drug-likeness (QED) is 0.570. The van der Waals surface area contributed by atoms with Crippen molar-refractivity contribution in [2.45, 2.75) is 4.90 Å². The fourth-order valence-corrected chi connectivity index (χ4v) is 4.88. The van der Waals surface area contributed by atoms with E-state index < -0.39 is 43.8 Å². The van der Waals surface area contributed by atoms with Gasteiger partial charge in [-0.05, 0) is 42.5 Å². The number of hydrogen-bond donors (Lipinski definition) is 0. The Morgan fingerprint density at radius 2 is 1.48 bits per heavy atom. The van der Waals surface area contributed by atoms with Crippen molar-refractivity contribution in [3.8, 4) is 5.69 Å². The Hall–Kier alpha value is -3.51. The molecule has 0 bridgehead atoms. The number of carbonyl (C=O) groups is 1. The van der Waals surface area contributed by atoms with Gasteiger partial charge in [0.25, 0.3) is 11.5 Å². The number of nitrogens with zero attached hydrogens (tertiary/aromatic N) is 4. The summed E-state index contributed by atoms with van der Waals surface area (Å²) in [6.07, 6.45) is 0. The van der Waals surface area contributed by atoms with Crippen LogP contribution in [0.1, 0.15) is 10.5 Å². The van der Waals surface area contributed by atoms with Gasteiger partial charge in [0.2, 0.25) is 10.0 Å². The number of aromatic nitrogens is 2. The highest BCUT2D eigenvalue weighted by molar-refractivity contribution is 7.89. The van der Waals surface area contributed by atoms with Gasteiger partial charge in [-0.3, -0.25) is 9.59 Å². The zero-order valence-corrected chi connectivity index (χ0v) is 17.8. The van der Waals surface area contributed by atoms with Crippen LogP contribution in [-0.4, -0.2) is 59.5 Å². The Morgan fingerprint density at radius 3 is 2.12 bits per heavy atom. The molecule has 0 N–H and O–H groups in total. The van der Waals surface area contributed by atoms with E-state index >= 15 is 0 Å². The summed E-state index contributed by atoms with van der Waals surface area (Å²) in [6, 6.07) is 9.62. The minimum absolute atomic E-state index is 0.00175. The van der Waals surface area contributed by atoms with Gasteiger partial charge >= 0.3 is 0 Å². The van der Waals surface area contributed by atoms with Gasteiger partial charge in [0, 0.05) is 38.3 Å². The standard InChI is InChI=1S/C21H17F3N4O4S/c22-14-1-4-16(5-2-14)28-20(29)8-6-18(25-28)21(30)26-9-11-27(12-10-26)33(31,32)19-7-3-15(23)13-17(19)24/h1-8,13H,9-12H2. The molecule has 1 saturated heterocycles. The number of rotatable bonds is 4. The molecule has 172 valence electrons. The van der Waals surface area contributed by atoms with Gasteiger partial charge in [0.15, 0.2) is 0 Å². The Morgan fingerprint density at radius 1 is 0.848 bits per heavy atom. The third-order valence-electron chi connectivity index (χ3n) is 5.13. The van der Waals surface area contributed by atoms with E-state index in [-0.39, 0.29) is 37.6 Å². The summed E-state index contributed by atoms with van der Waals surface area (Å²) in [5.41, 5.74) is -0.302. The predicted molar refractivity (Wildman–Crippen MR) is 111 cm³/mol. The lowest BCUT2D eigenvalue weighted by atomic mass is 10.3. The van der Waals surface area contributed by atoms with E-state index in [0.29, 0.717) is 6.07 Å². The number of benzene rings is 2. The van der Waals surface area contributed by atoms with Crippen LogP contribution in [0.4, 0.5) is 13.2 Å². The second kappa shape index (κ2) is 8.79. The van der Waals surface area contributed by atoms with Crippen LogP contribution in [0.15, 0.2) is 64.3 Å². The van der Waals surface area contributed by atoms with E-state index in [2.05, 4.69) is 5.10 Å².